The van der Waals surface area contributed by atoms with Crippen molar-refractivity contribution >= 4 is 103 Å². The van der Waals surface area contributed by atoms with Gasteiger partial charge in [0, 0.05) is 27.6 Å². The molecule has 0 N–H and O–H groups in total. The maximum absolute atomic E-state index is 17.0. The molecule has 1 atom stereocenters. The number of para-hydroxylation sites is 4. The Hall–Kier alpha value is -6.32. The van der Waals surface area contributed by atoms with E-state index >= 15 is 4.57 Å². The first-order valence-electron chi connectivity index (χ1n) is 20.5. The lowest BCUT2D eigenvalue weighted by Crippen LogP contribution is -2.82. The van der Waals surface area contributed by atoms with Gasteiger partial charge in [0.1, 0.15) is 0 Å². The van der Waals surface area contributed by atoms with E-state index in [4.69, 9.17) is 16.5 Å². The standard InChI is InChI=1S/C54H39NO2P2SSi/c56-58(41-34-36-44(37-35-41)59(60,42-19-5-1-6-20-42)43-21-7-2-8-22-43)51-31-17-18-32-53(51)61(45-23-9-3-10-24-45,46-25-11-4-12-26-46)54-39-40(33-38-52(54)58)55-47-27-13-15-29-49(47)57-50-30-16-14-28-48(50)55/h1-39H. The lowest BCUT2D eigenvalue weighted by Gasteiger charge is -2.44. The third kappa shape index (κ3) is 5.77. The summed E-state index contributed by atoms with van der Waals surface area (Å²) in [5.41, 5.74) is 2.89. The summed E-state index contributed by atoms with van der Waals surface area (Å²) in [5.74, 6) is 1.58. The van der Waals surface area contributed by atoms with Gasteiger partial charge in [-0.1, -0.05) is 206 Å². The SMILES string of the molecule is O=P1(c2ccc(P(=S)(c3ccccc3)c3ccccc3)cc2)c2ccccc2[Si](c2ccccc2)(c2ccccc2)c2cc(N3c4ccccc4Oc4ccccc43)ccc21. The molecule has 1 unspecified atom stereocenters. The Labute approximate surface area is 363 Å². The smallest absolute Gasteiger partial charge is 0.181 e. The van der Waals surface area contributed by atoms with Gasteiger partial charge in [-0.2, -0.15) is 0 Å². The Kier molecular flexibility index (Phi) is 9.26. The second-order valence-electron chi connectivity index (χ2n) is 15.5. The van der Waals surface area contributed by atoms with Gasteiger partial charge in [0.05, 0.1) is 11.4 Å². The van der Waals surface area contributed by atoms with E-state index in [-0.39, 0.29) is 0 Å². The third-order valence-electron chi connectivity index (χ3n) is 12.3. The van der Waals surface area contributed by atoms with E-state index in [9.17, 15) is 0 Å². The van der Waals surface area contributed by atoms with Crippen LogP contribution < -0.4 is 62.2 Å². The average Bonchev–Trinajstić information content (AvgIpc) is 3.34. The fourth-order valence-corrected chi connectivity index (χ4v) is 23.0. The molecule has 11 rings (SSSR count). The zero-order valence-electron chi connectivity index (χ0n) is 33.1. The van der Waals surface area contributed by atoms with E-state index in [2.05, 4.69) is 205 Å². The minimum Gasteiger partial charge on any atom is -0.453 e. The summed E-state index contributed by atoms with van der Waals surface area (Å²) in [7, 11) is -6.65. The lowest BCUT2D eigenvalue weighted by atomic mass is 10.1. The minimum atomic E-state index is -3.50. The summed E-state index contributed by atoms with van der Waals surface area (Å²) in [6.07, 6.45) is 0. The second kappa shape index (κ2) is 15.0. The van der Waals surface area contributed by atoms with Gasteiger partial charge in [-0.3, -0.25) is 0 Å². The highest BCUT2D eigenvalue weighted by Crippen LogP contribution is 2.51. The third-order valence-corrected chi connectivity index (χ3v) is 25.7. The first kappa shape index (κ1) is 37.7. The molecule has 0 saturated carbocycles. The van der Waals surface area contributed by atoms with E-state index in [0.717, 1.165) is 70.8 Å². The zero-order chi connectivity index (χ0) is 41.0. The van der Waals surface area contributed by atoms with Gasteiger partial charge in [0.2, 0.25) is 0 Å². The maximum Gasteiger partial charge on any atom is 0.181 e. The molecule has 0 bridgehead atoms. The van der Waals surface area contributed by atoms with Crippen molar-refractivity contribution in [1.29, 1.82) is 0 Å². The fraction of sp³-hybridized carbons (Fsp3) is 0. The largest absolute Gasteiger partial charge is 0.453 e. The van der Waals surface area contributed by atoms with Crippen LogP contribution in [0.3, 0.4) is 0 Å². The highest BCUT2D eigenvalue weighted by atomic mass is 32.4. The molecule has 2 heterocycles. The Bertz CT molecular complexity index is 3050. The van der Waals surface area contributed by atoms with Crippen molar-refractivity contribution in [1.82, 2.24) is 0 Å². The molecule has 61 heavy (non-hydrogen) atoms. The number of anilines is 3. The molecule has 7 heteroatoms. The Balaban J connectivity index is 1.19. The van der Waals surface area contributed by atoms with Crippen molar-refractivity contribution in [2.75, 3.05) is 4.90 Å². The van der Waals surface area contributed by atoms with Gasteiger partial charge in [0.25, 0.3) is 0 Å². The van der Waals surface area contributed by atoms with Crippen LogP contribution in [0.5, 0.6) is 11.5 Å². The summed E-state index contributed by atoms with van der Waals surface area (Å²) in [6, 6.07) is 80.5. The van der Waals surface area contributed by atoms with Crippen LogP contribution in [0.2, 0.25) is 0 Å². The molecule has 0 radical (unpaired) electrons. The van der Waals surface area contributed by atoms with Crippen molar-refractivity contribution in [3.05, 3.63) is 237 Å². The molecule has 2 aliphatic rings. The Morgan fingerprint density at radius 2 is 0.885 bits per heavy atom. The summed E-state index contributed by atoms with van der Waals surface area (Å²) >= 11 is 6.76. The van der Waals surface area contributed by atoms with E-state index < -0.39 is 21.3 Å². The lowest BCUT2D eigenvalue weighted by molar-refractivity contribution is 0.477. The Morgan fingerprint density at radius 1 is 0.443 bits per heavy atom. The molecule has 3 nitrogen and oxygen atoms in total. The molecule has 9 aromatic rings. The molecule has 292 valence electrons. The van der Waals surface area contributed by atoms with Crippen molar-refractivity contribution in [2.45, 2.75) is 0 Å². The normalized spacial score (nSPS) is 16.0. The summed E-state index contributed by atoms with van der Waals surface area (Å²) in [4.78, 5) is 2.30. The number of rotatable bonds is 7. The zero-order valence-corrected chi connectivity index (χ0v) is 36.7. The van der Waals surface area contributed by atoms with Crippen LogP contribution in [-0.2, 0) is 16.4 Å². The molecule has 9 aromatic carbocycles. The van der Waals surface area contributed by atoms with Crippen LogP contribution in [0.25, 0.3) is 0 Å². The molecule has 2 aliphatic heterocycles. The molecule has 0 spiro atoms. The minimum absolute atomic E-state index is 0.788. The van der Waals surface area contributed by atoms with E-state index in [0.29, 0.717) is 0 Å². The quantitative estimate of drug-likeness (QED) is 0.119. The molecule has 0 amide bonds. The fourth-order valence-electron chi connectivity index (χ4n) is 9.60. The molecular formula is C54H39NO2P2SSi. The average molecular weight is 856 g/mol. The summed E-state index contributed by atoms with van der Waals surface area (Å²) in [6.45, 7) is 0. The van der Waals surface area contributed by atoms with Crippen LogP contribution in [0.15, 0.2) is 237 Å². The molecule has 0 aromatic heterocycles. The van der Waals surface area contributed by atoms with E-state index in [1.54, 1.807) is 0 Å². The maximum atomic E-state index is 17.0. The van der Waals surface area contributed by atoms with Crippen molar-refractivity contribution < 1.29 is 9.30 Å². The molecule has 0 fully saturated rings. The van der Waals surface area contributed by atoms with E-state index in [1.807, 2.05) is 36.4 Å². The number of fused-ring (bicyclic) bond motifs is 4. The molecular weight excluding hydrogens is 817 g/mol. The number of ether oxygens (including phenoxy) is 1. The highest BCUT2D eigenvalue weighted by Gasteiger charge is 2.53. The van der Waals surface area contributed by atoms with E-state index in [1.165, 1.54) is 10.4 Å². The van der Waals surface area contributed by atoms with Gasteiger partial charge in [-0.25, -0.2) is 0 Å². The number of benzene rings is 9. The van der Waals surface area contributed by atoms with Gasteiger partial charge in [-0.05, 0) is 79.1 Å². The Morgan fingerprint density at radius 3 is 1.44 bits per heavy atom. The predicted molar refractivity (Wildman–Crippen MR) is 264 cm³/mol. The predicted octanol–water partition coefficient (Wildman–Crippen LogP) is 8.35. The van der Waals surface area contributed by atoms with Gasteiger partial charge < -0.3 is 14.2 Å². The van der Waals surface area contributed by atoms with Crippen molar-refractivity contribution in [3.63, 3.8) is 0 Å². The second-order valence-corrected chi connectivity index (χ2v) is 26.3. The van der Waals surface area contributed by atoms with Crippen LogP contribution in [0.1, 0.15) is 0 Å². The number of nitrogens with zero attached hydrogens (tertiary/aromatic N) is 1. The van der Waals surface area contributed by atoms with Crippen molar-refractivity contribution in [3.8, 4) is 11.5 Å². The summed E-state index contributed by atoms with van der Waals surface area (Å²) < 4.78 is 23.5. The van der Waals surface area contributed by atoms with Crippen molar-refractivity contribution in [2.24, 2.45) is 0 Å². The van der Waals surface area contributed by atoms with Crippen LogP contribution in [0, 0.1) is 0 Å². The first-order chi connectivity index (χ1) is 30.0. The first-order valence-corrected chi connectivity index (χ1v) is 27.0. The molecule has 0 aliphatic carbocycles. The monoisotopic (exact) mass is 855 g/mol. The molecule has 0 saturated heterocycles. The van der Waals surface area contributed by atoms with Crippen LogP contribution >= 0.6 is 13.2 Å². The van der Waals surface area contributed by atoms with Gasteiger partial charge in [-0.15, -0.1) is 0 Å². The van der Waals surface area contributed by atoms with Crippen LogP contribution in [0.4, 0.5) is 17.1 Å². The summed E-state index contributed by atoms with van der Waals surface area (Å²) in [5, 5.41) is 10.6. The van der Waals surface area contributed by atoms with Crippen LogP contribution in [-0.4, -0.2) is 8.07 Å². The van der Waals surface area contributed by atoms with Gasteiger partial charge >= 0.3 is 0 Å². The highest BCUT2D eigenvalue weighted by molar-refractivity contribution is 8.25. The number of hydrogen-bond donors (Lipinski definition) is 0. The van der Waals surface area contributed by atoms with Gasteiger partial charge in [0.15, 0.2) is 26.7 Å². The topological polar surface area (TPSA) is 29.5 Å². The number of hydrogen-bond acceptors (Lipinski definition) is 4.